The summed E-state index contributed by atoms with van der Waals surface area (Å²) in [6, 6.07) is 7.17. The van der Waals surface area contributed by atoms with E-state index in [1.165, 1.54) is 6.20 Å². The number of aromatic nitrogens is 2. The van der Waals surface area contributed by atoms with E-state index in [2.05, 4.69) is 5.10 Å². The molecule has 2 unspecified atom stereocenters. The van der Waals surface area contributed by atoms with Gasteiger partial charge in [-0.15, -0.1) is 0 Å². The zero-order chi connectivity index (χ0) is 13.1. The number of hydrogen-bond acceptors (Lipinski definition) is 4. The summed E-state index contributed by atoms with van der Waals surface area (Å²) in [7, 11) is 0. The summed E-state index contributed by atoms with van der Waals surface area (Å²) in [4.78, 5) is 0. The van der Waals surface area contributed by atoms with Gasteiger partial charge in [0.05, 0.1) is 18.0 Å². The van der Waals surface area contributed by atoms with Crippen molar-refractivity contribution < 1.29 is 10.2 Å². The van der Waals surface area contributed by atoms with Gasteiger partial charge in [0.2, 0.25) is 0 Å². The summed E-state index contributed by atoms with van der Waals surface area (Å²) < 4.78 is 1.58. The summed E-state index contributed by atoms with van der Waals surface area (Å²) in [6.07, 6.45) is 1.09. The molecule has 0 amide bonds. The summed E-state index contributed by atoms with van der Waals surface area (Å²) in [5.41, 5.74) is 6.58. The van der Waals surface area contributed by atoms with Crippen LogP contribution in [0.25, 0.3) is 5.69 Å². The molecule has 4 N–H and O–H groups in total. The Labute approximate surface area is 109 Å². The molecule has 2 atom stereocenters. The van der Waals surface area contributed by atoms with Crippen molar-refractivity contribution in [3.63, 3.8) is 0 Å². The van der Waals surface area contributed by atoms with Gasteiger partial charge in [0.25, 0.3) is 0 Å². The van der Waals surface area contributed by atoms with Gasteiger partial charge >= 0.3 is 0 Å². The lowest BCUT2D eigenvalue weighted by Gasteiger charge is -2.13. The van der Waals surface area contributed by atoms with Gasteiger partial charge in [0.1, 0.15) is 6.10 Å². The quantitative estimate of drug-likeness (QED) is 0.768. The Bertz CT molecular complexity index is 530. The van der Waals surface area contributed by atoms with Crippen molar-refractivity contribution in [3.05, 3.63) is 47.2 Å². The van der Waals surface area contributed by atoms with Crippen LogP contribution >= 0.6 is 11.6 Å². The fourth-order valence-electron chi connectivity index (χ4n) is 1.60. The van der Waals surface area contributed by atoms with Gasteiger partial charge in [-0.05, 0) is 18.2 Å². The second-order valence-corrected chi connectivity index (χ2v) is 4.38. The molecule has 2 rings (SSSR count). The van der Waals surface area contributed by atoms with E-state index < -0.39 is 12.2 Å². The van der Waals surface area contributed by atoms with Crippen LogP contribution in [0.3, 0.4) is 0 Å². The van der Waals surface area contributed by atoms with Crippen LogP contribution in [-0.4, -0.2) is 32.6 Å². The Kier molecular flexibility index (Phi) is 3.98. The molecule has 0 fully saturated rings. The Morgan fingerprint density at radius 1 is 1.39 bits per heavy atom. The number of aliphatic hydroxyl groups excluding tert-OH is 2. The molecule has 0 saturated carbocycles. The maximum absolute atomic E-state index is 9.79. The van der Waals surface area contributed by atoms with E-state index in [9.17, 15) is 10.2 Å². The lowest BCUT2D eigenvalue weighted by Crippen LogP contribution is -2.26. The molecule has 0 radical (unpaired) electrons. The zero-order valence-electron chi connectivity index (χ0n) is 9.57. The lowest BCUT2D eigenvalue weighted by molar-refractivity contribution is 0.0243. The van der Waals surface area contributed by atoms with Crippen molar-refractivity contribution in [1.29, 1.82) is 0 Å². The molecular formula is C12H14ClN3O2. The second kappa shape index (κ2) is 5.49. The minimum Gasteiger partial charge on any atom is -0.389 e. The maximum atomic E-state index is 9.79. The Hall–Kier alpha value is -1.40. The molecule has 0 bridgehead atoms. The van der Waals surface area contributed by atoms with Crippen molar-refractivity contribution in [1.82, 2.24) is 9.78 Å². The van der Waals surface area contributed by atoms with Crippen LogP contribution in [0, 0.1) is 0 Å². The number of nitrogens with two attached hydrogens (primary N) is 1. The van der Waals surface area contributed by atoms with Gasteiger partial charge in [-0.1, -0.05) is 17.7 Å². The largest absolute Gasteiger partial charge is 0.389 e. The molecule has 0 aliphatic heterocycles. The SMILES string of the molecule is NCC(O)C(O)c1cnn(-c2cccc(Cl)c2)c1. The van der Waals surface area contributed by atoms with Crippen LogP contribution in [0.15, 0.2) is 36.7 Å². The van der Waals surface area contributed by atoms with Crippen molar-refractivity contribution in [2.24, 2.45) is 5.73 Å². The summed E-state index contributed by atoms with van der Waals surface area (Å²) >= 11 is 5.89. The van der Waals surface area contributed by atoms with E-state index in [0.717, 1.165) is 5.69 Å². The highest BCUT2D eigenvalue weighted by atomic mass is 35.5. The molecule has 2 aromatic rings. The molecule has 96 valence electrons. The van der Waals surface area contributed by atoms with Crippen LogP contribution < -0.4 is 5.73 Å². The van der Waals surface area contributed by atoms with E-state index in [1.54, 1.807) is 23.0 Å². The van der Waals surface area contributed by atoms with Gasteiger partial charge in [-0.3, -0.25) is 0 Å². The lowest BCUT2D eigenvalue weighted by atomic mass is 10.1. The maximum Gasteiger partial charge on any atom is 0.109 e. The van der Waals surface area contributed by atoms with Crippen molar-refractivity contribution in [2.45, 2.75) is 12.2 Å². The second-order valence-electron chi connectivity index (χ2n) is 3.95. The molecule has 0 spiro atoms. The van der Waals surface area contributed by atoms with Gasteiger partial charge in [0.15, 0.2) is 0 Å². The highest BCUT2D eigenvalue weighted by Crippen LogP contribution is 2.19. The highest BCUT2D eigenvalue weighted by molar-refractivity contribution is 6.30. The number of hydrogen-bond donors (Lipinski definition) is 3. The summed E-state index contributed by atoms with van der Waals surface area (Å²) in [5, 5.41) is 24.0. The highest BCUT2D eigenvalue weighted by Gasteiger charge is 2.18. The van der Waals surface area contributed by atoms with Crippen molar-refractivity contribution >= 4 is 11.6 Å². The third-order valence-corrected chi connectivity index (χ3v) is 2.86. The van der Waals surface area contributed by atoms with E-state index in [1.807, 2.05) is 12.1 Å². The molecule has 1 aromatic carbocycles. The van der Waals surface area contributed by atoms with Crippen LogP contribution in [0.5, 0.6) is 0 Å². The van der Waals surface area contributed by atoms with E-state index >= 15 is 0 Å². The first kappa shape index (κ1) is 13.0. The van der Waals surface area contributed by atoms with E-state index in [-0.39, 0.29) is 6.54 Å². The van der Waals surface area contributed by atoms with Crippen LogP contribution in [0.1, 0.15) is 11.7 Å². The first-order valence-electron chi connectivity index (χ1n) is 5.48. The van der Waals surface area contributed by atoms with Gasteiger partial charge in [-0.25, -0.2) is 4.68 Å². The molecular weight excluding hydrogens is 254 g/mol. The molecule has 1 aromatic heterocycles. The van der Waals surface area contributed by atoms with E-state index in [0.29, 0.717) is 10.6 Å². The fraction of sp³-hybridized carbons (Fsp3) is 0.250. The molecule has 0 aliphatic carbocycles. The molecule has 6 heteroatoms. The smallest absolute Gasteiger partial charge is 0.109 e. The average molecular weight is 268 g/mol. The van der Waals surface area contributed by atoms with Crippen LogP contribution in [0.4, 0.5) is 0 Å². The number of halogens is 1. The van der Waals surface area contributed by atoms with Crippen LogP contribution in [-0.2, 0) is 0 Å². The Morgan fingerprint density at radius 3 is 2.83 bits per heavy atom. The standard InChI is InChI=1S/C12H14ClN3O2/c13-9-2-1-3-10(4-9)16-7-8(6-15-16)12(18)11(17)5-14/h1-4,6-7,11-12,17-18H,5,14H2. The fourth-order valence-corrected chi connectivity index (χ4v) is 1.78. The van der Waals surface area contributed by atoms with Crippen molar-refractivity contribution in [3.8, 4) is 5.69 Å². The number of nitrogens with zero attached hydrogens (tertiary/aromatic N) is 2. The molecule has 0 aliphatic rings. The molecule has 0 saturated heterocycles. The first-order valence-corrected chi connectivity index (χ1v) is 5.86. The predicted molar refractivity (Wildman–Crippen MR) is 68.6 cm³/mol. The normalized spacial score (nSPS) is 14.4. The molecule has 18 heavy (non-hydrogen) atoms. The monoisotopic (exact) mass is 267 g/mol. The minimum absolute atomic E-state index is 0.0104. The topological polar surface area (TPSA) is 84.3 Å². The van der Waals surface area contributed by atoms with Gasteiger partial charge in [0, 0.05) is 23.3 Å². The third-order valence-electron chi connectivity index (χ3n) is 2.62. The third kappa shape index (κ3) is 2.70. The zero-order valence-corrected chi connectivity index (χ0v) is 10.3. The molecule has 5 nitrogen and oxygen atoms in total. The van der Waals surface area contributed by atoms with E-state index in [4.69, 9.17) is 17.3 Å². The summed E-state index contributed by atoms with van der Waals surface area (Å²) in [6.45, 7) is -0.0104. The van der Waals surface area contributed by atoms with Gasteiger partial charge in [-0.2, -0.15) is 5.10 Å². The van der Waals surface area contributed by atoms with Gasteiger partial charge < -0.3 is 15.9 Å². The minimum atomic E-state index is -1.04. The van der Waals surface area contributed by atoms with Crippen LogP contribution in [0.2, 0.25) is 5.02 Å². The number of benzene rings is 1. The first-order chi connectivity index (χ1) is 8.61. The Balaban J connectivity index is 2.25. The number of aliphatic hydroxyl groups is 2. The predicted octanol–water partition coefficient (Wildman–Crippen LogP) is 0.879. The van der Waals surface area contributed by atoms with Crippen molar-refractivity contribution in [2.75, 3.05) is 6.54 Å². The number of rotatable bonds is 4. The molecule has 1 heterocycles. The average Bonchev–Trinajstić information content (AvgIpc) is 2.86. The summed E-state index contributed by atoms with van der Waals surface area (Å²) in [5.74, 6) is 0. The Morgan fingerprint density at radius 2 is 2.17 bits per heavy atom.